The third-order valence-electron chi connectivity index (χ3n) is 8.77. The molecule has 16 heteroatoms. The smallest absolute Gasteiger partial charge is 0.407 e. The molecule has 1 aromatic heterocycles. The summed E-state index contributed by atoms with van der Waals surface area (Å²) in [5.74, 6) is -2.44. The van der Waals surface area contributed by atoms with Gasteiger partial charge in [0.15, 0.2) is 11.8 Å². The van der Waals surface area contributed by atoms with Gasteiger partial charge >= 0.3 is 12.1 Å². The summed E-state index contributed by atoms with van der Waals surface area (Å²) in [7, 11) is 0. The van der Waals surface area contributed by atoms with Crippen molar-refractivity contribution in [1.29, 1.82) is 0 Å². The standard InChI is InChI=1S/C32H41N7O9/c1-20(30(44)38-13-5-8-25(38)29(43)33-19-21-9-10-21)48-26-18-24(35-39(26)22-6-3-2-4-7-22)28(42)34-23(11-12-27(40)41)31(45)36-14-16-37(17-15-36)32(46)47/h2-4,6-7,18,20-21,23,25H,5,8-17,19H2,1H3,(H,33,43)(H,34,42)(H,40,41)(H,46,47)/t20-,23+,25+/m1/s1. The minimum atomic E-state index is -1.21. The Balaban J connectivity index is 1.31. The van der Waals surface area contributed by atoms with Crippen LogP contribution in [0.3, 0.4) is 0 Å². The van der Waals surface area contributed by atoms with Gasteiger partial charge in [-0.3, -0.25) is 24.0 Å². The molecule has 1 aliphatic carbocycles. The van der Waals surface area contributed by atoms with Gasteiger partial charge in [0, 0.05) is 51.8 Å². The fourth-order valence-corrected chi connectivity index (χ4v) is 5.86. The lowest BCUT2D eigenvalue weighted by atomic mass is 10.1. The number of carboxylic acid groups (broad SMARTS) is 2. The van der Waals surface area contributed by atoms with Crippen molar-refractivity contribution in [2.45, 2.75) is 63.6 Å². The summed E-state index contributed by atoms with van der Waals surface area (Å²) in [6, 6.07) is 8.30. The summed E-state index contributed by atoms with van der Waals surface area (Å²) >= 11 is 0. The largest absolute Gasteiger partial charge is 0.481 e. The molecule has 258 valence electrons. The average Bonchev–Trinajstić information content (AvgIpc) is 3.61. The monoisotopic (exact) mass is 667 g/mol. The number of nitrogens with zero attached hydrogens (tertiary/aromatic N) is 5. The van der Waals surface area contributed by atoms with E-state index in [1.807, 2.05) is 0 Å². The second-order valence-corrected chi connectivity index (χ2v) is 12.3. The molecular formula is C32H41N7O9. The van der Waals surface area contributed by atoms with Gasteiger partial charge in [0.25, 0.3) is 11.8 Å². The third-order valence-corrected chi connectivity index (χ3v) is 8.77. The van der Waals surface area contributed by atoms with Crippen molar-refractivity contribution in [1.82, 2.24) is 35.1 Å². The van der Waals surface area contributed by atoms with E-state index in [0.717, 1.165) is 12.8 Å². The Kier molecular flexibility index (Phi) is 10.8. The highest BCUT2D eigenvalue weighted by Gasteiger charge is 2.38. The molecule has 16 nitrogen and oxygen atoms in total. The van der Waals surface area contributed by atoms with Gasteiger partial charge in [0.1, 0.15) is 12.1 Å². The van der Waals surface area contributed by atoms with E-state index in [4.69, 9.17) is 4.74 Å². The molecule has 48 heavy (non-hydrogen) atoms. The van der Waals surface area contributed by atoms with Crippen molar-refractivity contribution in [3.8, 4) is 11.6 Å². The van der Waals surface area contributed by atoms with Gasteiger partial charge in [0.2, 0.25) is 17.7 Å². The van der Waals surface area contributed by atoms with Crippen LogP contribution in [0.5, 0.6) is 5.88 Å². The Morgan fingerprint density at radius 1 is 0.938 bits per heavy atom. The van der Waals surface area contributed by atoms with Crippen molar-refractivity contribution in [2.24, 2.45) is 5.92 Å². The number of hydrogen-bond acceptors (Lipinski definition) is 8. The lowest BCUT2D eigenvalue weighted by Crippen LogP contribution is -2.55. The lowest BCUT2D eigenvalue weighted by molar-refractivity contribution is -0.143. The molecule has 5 rings (SSSR count). The second kappa shape index (κ2) is 15.2. The average molecular weight is 668 g/mol. The first-order valence-corrected chi connectivity index (χ1v) is 16.2. The molecule has 3 aliphatic rings. The SMILES string of the molecule is C[C@@H](Oc1cc(C(=O)N[C@@H](CCC(=O)O)C(=O)N2CCN(C(=O)O)CC2)nn1-c1ccccc1)C(=O)N1CCC[C@H]1C(=O)NCC1CC1. The molecule has 4 N–H and O–H groups in total. The highest BCUT2D eigenvalue weighted by molar-refractivity contribution is 5.96. The van der Waals surface area contributed by atoms with E-state index in [1.165, 1.54) is 25.4 Å². The number of carbonyl (C=O) groups is 6. The zero-order valence-corrected chi connectivity index (χ0v) is 26.7. The number of aliphatic carboxylic acids is 1. The predicted octanol–water partition coefficient (Wildman–Crippen LogP) is 0.942. The Morgan fingerprint density at radius 2 is 1.62 bits per heavy atom. The van der Waals surface area contributed by atoms with Crippen LogP contribution in [0, 0.1) is 5.92 Å². The van der Waals surface area contributed by atoms with E-state index in [-0.39, 0.29) is 56.0 Å². The quantitative estimate of drug-likeness (QED) is 0.238. The van der Waals surface area contributed by atoms with E-state index < -0.39 is 48.5 Å². The number of rotatable bonds is 13. The topological polar surface area (TPSA) is 204 Å². The molecule has 0 unspecified atom stereocenters. The Labute approximate surface area is 277 Å². The van der Waals surface area contributed by atoms with Crippen molar-refractivity contribution in [3.63, 3.8) is 0 Å². The van der Waals surface area contributed by atoms with E-state index in [0.29, 0.717) is 37.5 Å². The second-order valence-electron chi connectivity index (χ2n) is 12.3. The van der Waals surface area contributed by atoms with Crippen molar-refractivity contribution < 1.29 is 43.7 Å². The van der Waals surface area contributed by atoms with Gasteiger partial charge in [-0.25, -0.2) is 9.48 Å². The van der Waals surface area contributed by atoms with Crippen LogP contribution in [0.1, 0.15) is 55.9 Å². The molecule has 5 amide bonds. The zero-order valence-electron chi connectivity index (χ0n) is 26.7. The number of hydrogen-bond donors (Lipinski definition) is 4. The summed E-state index contributed by atoms with van der Waals surface area (Å²) in [6.45, 7) is 2.94. The highest BCUT2D eigenvalue weighted by Crippen LogP contribution is 2.28. The molecule has 0 bridgehead atoms. The first-order chi connectivity index (χ1) is 23.0. The maximum atomic E-state index is 13.5. The van der Waals surface area contributed by atoms with Crippen LogP contribution >= 0.6 is 0 Å². The number of nitrogens with one attached hydrogen (secondary N) is 2. The zero-order chi connectivity index (χ0) is 34.4. The fourth-order valence-electron chi connectivity index (χ4n) is 5.86. The van der Waals surface area contributed by atoms with E-state index >= 15 is 0 Å². The minimum Gasteiger partial charge on any atom is -0.481 e. The summed E-state index contributed by atoms with van der Waals surface area (Å²) < 4.78 is 7.44. The number of ether oxygens (including phenoxy) is 1. The van der Waals surface area contributed by atoms with Gasteiger partial charge in [-0.15, -0.1) is 0 Å². The third kappa shape index (κ3) is 8.41. The van der Waals surface area contributed by atoms with Gasteiger partial charge in [0.05, 0.1) is 5.69 Å². The van der Waals surface area contributed by atoms with E-state index in [1.54, 1.807) is 37.3 Å². The number of benzene rings is 1. The van der Waals surface area contributed by atoms with Crippen LogP contribution in [0.15, 0.2) is 36.4 Å². The van der Waals surface area contributed by atoms with E-state index in [9.17, 15) is 39.0 Å². The fraction of sp³-hybridized carbons (Fsp3) is 0.531. The molecule has 0 spiro atoms. The Morgan fingerprint density at radius 3 is 2.27 bits per heavy atom. The molecule has 3 heterocycles. The highest BCUT2D eigenvalue weighted by atomic mass is 16.5. The molecule has 1 aromatic carbocycles. The first-order valence-electron chi connectivity index (χ1n) is 16.2. The van der Waals surface area contributed by atoms with Gasteiger partial charge in [-0.05, 0) is 57.1 Å². The van der Waals surface area contributed by atoms with Crippen LogP contribution in [0.25, 0.3) is 5.69 Å². The summed E-state index contributed by atoms with van der Waals surface area (Å²) in [5.41, 5.74) is 0.385. The number of likely N-dealkylation sites (tertiary alicyclic amines) is 1. The number of amides is 5. The van der Waals surface area contributed by atoms with Gasteiger partial charge < -0.3 is 40.3 Å². The lowest BCUT2D eigenvalue weighted by Gasteiger charge is -2.35. The van der Waals surface area contributed by atoms with E-state index in [2.05, 4.69) is 15.7 Å². The normalized spacial score (nSPS) is 18.9. The van der Waals surface area contributed by atoms with Gasteiger partial charge in [-0.1, -0.05) is 18.2 Å². The Hall–Kier alpha value is -5.15. The molecule has 1 saturated carbocycles. The molecular weight excluding hydrogens is 626 g/mol. The maximum absolute atomic E-state index is 13.5. The maximum Gasteiger partial charge on any atom is 0.407 e. The van der Waals surface area contributed by atoms with Crippen LogP contribution in [-0.2, 0) is 19.2 Å². The van der Waals surface area contributed by atoms with Crippen LogP contribution in [-0.4, -0.2) is 128 Å². The summed E-state index contributed by atoms with van der Waals surface area (Å²) in [6.07, 6.45) is 0.702. The van der Waals surface area contributed by atoms with Crippen molar-refractivity contribution >= 4 is 35.7 Å². The molecule has 2 aliphatic heterocycles. The van der Waals surface area contributed by atoms with Crippen molar-refractivity contribution in [2.75, 3.05) is 39.3 Å². The predicted molar refractivity (Wildman–Crippen MR) is 168 cm³/mol. The van der Waals surface area contributed by atoms with Crippen LogP contribution in [0.2, 0.25) is 0 Å². The number of carboxylic acids is 1. The molecule has 3 fully saturated rings. The number of carbonyl (C=O) groups excluding carboxylic acids is 4. The summed E-state index contributed by atoms with van der Waals surface area (Å²) in [4.78, 5) is 80.0. The summed E-state index contributed by atoms with van der Waals surface area (Å²) in [5, 5.41) is 28.5. The van der Waals surface area contributed by atoms with Gasteiger partial charge in [-0.2, -0.15) is 5.10 Å². The minimum absolute atomic E-state index is 0.0688. The molecule has 3 atom stereocenters. The van der Waals surface area contributed by atoms with Crippen LogP contribution < -0.4 is 15.4 Å². The molecule has 2 aromatic rings. The Bertz CT molecular complexity index is 1520. The van der Waals surface area contributed by atoms with Crippen LogP contribution in [0.4, 0.5) is 4.79 Å². The first kappa shape index (κ1) is 34.2. The molecule has 0 radical (unpaired) electrons. The van der Waals surface area contributed by atoms with Crippen molar-refractivity contribution in [3.05, 3.63) is 42.1 Å². The molecule has 2 saturated heterocycles. The number of aromatic nitrogens is 2. The number of piperazine rings is 1. The number of para-hydroxylation sites is 1.